The van der Waals surface area contributed by atoms with Crippen molar-refractivity contribution in [2.45, 2.75) is 13.0 Å². The Morgan fingerprint density at radius 3 is 1.57 bits per heavy atom. The van der Waals surface area contributed by atoms with Crippen LogP contribution < -0.4 is 34.5 Å². The summed E-state index contributed by atoms with van der Waals surface area (Å²) >= 11 is 0. The molecule has 7 heavy (non-hydrogen) atoms. The first-order valence-corrected chi connectivity index (χ1v) is 2.27. The maximum atomic E-state index is 3.80. The third kappa shape index (κ3) is 6.96. The van der Waals surface area contributed by atoms with E-state index in [1.165, 1.54) is 4.90 Å². The van der Waals surface area contributed by atoms with Crippen LogP contribution in [0.5, 0.6) is 0 Å². The number of hydrogen-bond donors (Lipinski definition) is 1. The molecule has 1 nitrogen and oxygen atoms in total. The molecule has 1 unspecified atom stereocenters. The van der Waals surface area contributed by atoms with Gasteiger partial charge in [0.1, 0.15) is 0 Å². The standard InChI is InChI=1S/C5H12N.Na/c1-5(2)6(3)4;/h5H,1H2,2-4H3;/q-1;+1/p+1. The van der Waals surface area contributed by atoms with Crippen LogP contribution in [-0.2, 0) is 0 Å². The summed E-state index contributed by atoms with van der Waals surface area (Å²) in [7, 11) is 4.19. The molecule has 0 spiro atoms. The molecule has 0 bridgehead atoms. The van der Waals surface area contributed by atoms with Gasteiger partial charge >= 0.3 is 29.6 Å². The first kappa shape index (κ1) is 10.9. The van der Waals surface area contributed by atoms with Crippen molar-refractivity contribution in [3.63, 3.8) is 0 Å². The van der Waals surface area contributed by atoms with Crippen LogP contribution in [0.3, 0.4) is 0 Å². The van der Waals surface area contributed by atoms with E-state index in [2.05, 4.69) is 27.9 Å². The molecule has 0 aromatic heterocycles. The Hall–Kier alpha value is 0.960. The Bertz CT molecular complexity index is 29.1. The average Bonchev–Trinajstić information content (AvgIpc) is 1.36. The second-order valence-corrected chi connectivity index (χ2v) is 1.98. The molecule has 0 amide bonds. The first-order valence-electron chi connectivity index (χ1n) is 2.27. The zero-order valence-electron chi connectivity index (χ0n) is 5.78. The molecule has 0 aromatic rings. The summed E-state index contributed by atoms with van der Waals surface area (Å²) in [5, 5.41) is 0. The van der Waals surface area contributed by atoms with Gasteiger partial charge in [0, 0.05) is 0 Å². The van der Waals surface area contributed by atoms with Crippen LogP contribution in [0.1, 0.15) is 6.92 Å². The fraction of sp³-hybridized carbons (Fsp3) is 0.800. The van der Waals surface area contributed by atoms with E-state index in [4.69, 9.17) is 0 Å². The van der Waals surface area contributed by atoms with Gasteiger partial charge < -0.3 is 4.90 Å². The molecule has 0 aromatic carbocycles. The first-order chi connectivity index (χ1) is 2.64. The van der Waals surface area contributed by atoms with E-state index < -0.39 is 0 Å². The van der Waals surface area contributed by atoms with Crippen molar-refractivity contribution in [1.82, 2.24) is 0 Å². The fourth-order valence-electron chi connectivity index (χ4n) is 0. The molecule has 1 atom stereocenters. The summed E-state index contributed by atoms with van der Waals surface area (Å²) in [6.07, 6.45) is 0. The molecule has 0 aliphatic heterocycles. The molecule has 0 rings (SSSR count). The Morgan fingerprint density at radius 1 is 1.43 bits per heavy atom. The van der Waals surface area contributed by atoms with Crippen LogP contribution in [-0.4, -0.2) is 20.1 Å². The molecule has 0 heterocycles. The SMILES string of the molecule is [CH2-]C(C)[NH+](C)C.[Na+]. The summed E-state index contributed by atoms with van der Waals surface area (Å²) in [4.78, 5) is 1.40. The number of rotatable bonds is 1. The predicted molar refractivity (Wildman–Crippen MR) is 27.6 cm³/mol. The second kappa shape index (κ2) is 5.10. The van der Waals surface area contributed by atoms with E-state index in [9.17, 15) is 0 Å². The molecular weight excluding hydrogens is 97.1 g/mol. The van der Waals surface area contributed by atoms with E-state index in [0.29, 0.717) is 6.04 Å². The van der Waals surface area contributed by atoms with Crippen LogP contribution in [0.25, 0.3) is 0 Å². The van der Waals surface area contributed by atoms with Gasteiger partial charge in [0.2, 0.25) is 0 Å². The fourth-order valence-corrected chi connectivity index (χ4v) is 0. The minimum Gasteiger partial charge on any atom is -0.363 e. The molecule has 0 saturated heterocycles. The van der Waals surface area contributed by atoms with Crippen LogP contribution >= 0.6 is 0 Å². The minimum atomic E-state index is 0. The van der Waals surface area contributed by atoms with Crippen LogP contribution in [0.2, 0.25) is 0 Å². The Labute approximate surface area is 68.4 Å². The van der Waals surface area contributed by atoms with Gasteiger partial charge in [-0.1, -0.05) is 0 Å². The maximum absolute atomic E-state index is 3.80. The summed E-state index contributed by atoms with van der Waals surface area (Å²) in [6, 6.07) is 0.519. The Balaban J connectivity index is 0. The Kier molecular flexibility index (Phi) is 7.91. The van der Waals surface area contributed by atoms with E-state index >= 15 is 0 Å². The zero-order chi connectivity index (χ0) is 5.15. The number of hydrogen-bond acceptors (Lipinski definition) is 0. The number of quaternary nitrogens is 1. The maximum Gasteiger partial charge on any atom is 1.00 e. The quantitative estimate of drug-likeness (QED) is 0.262. The molecule has 0 radical (unpaired) electrons. The van der Waals surface area contributed by atoms with Gasteiger partial charge in [-0.15, -0.1) is 0 Å². The van der Waals surface area contributed by atoms with E-state index in [1.807, 2.05) is 0 Å². The van der Waals surface area contributed by atoms with E-state index in [1.54, 1.807) is 0 Å². The second-order valence-electron chi connectivity index (χ2n) is 1.98. The number of nitrogens with one attached hydrogen (secondary N) is 1. The van der Waals surface area contributed by atoms with Crippen molar-refractivity contribution in [1.29, 1.82) is 0 Å². The van der Waals surface area contributed by atoms with Crippen LogP contribution in [0, 0.1) is 6.92 Å². The van der Waals surface area contributed by atoms with Crippen molar-refractivity contribution >= 4 is 0 Å². The third-order valence-electron chi connectivity index (χ3n) is 0.986. The van der Waals surface area contributed by atoms with Crippen molar-refractivity contribution in [3.05, 3.63) is 6.92 Å². The normalized spacial score (nSPS) is 13.3. The monoisotopic (exact) mass is 110 g/mol. The molecule has 38 valence electrons. The van der Waals surface area contributed by atoms with Gasteiger partial charge in [-0.05, 0) is 13.0 Å². The molecule has 2 heteroatoms. The van der Waals surface area contributed by atoms with Crippen LogP contribution in [0.15, 0.2) is 0 Å². The minimum absolute atomic E-state index is 0. The zero-order valence-corrected chi connectivity index (χ0v) is 7.78. The summed E-state index contributed by atoms with van der Waals surface area (Å²) < 4.78 is 0. The smallest absolute Gasteiger partial charge is 0.363 e. The summed E-state index contributed by atoms with van der Waals surface area (Å²) in [5.41, 5.74) is 0. The molecule has 0 aliphatic rings. The largest absolute Gasteiger partial charge is 1.00 e. The van der Waals surface area contributed by atoms with Crippen molar-refractivity contribution < 1.29 is 34.5 Å². The molecular formula is C5H13NNa+. The van der Waals surface area contributed by atoms with Gasteiger partial charge in [0.25, 0.3) is 0 Å². The van der Waals surface area contributed by atoms with Crippen LogP contribution in [0.4, 0.5) is 0 Å². The van der Waals surface area contributed by atoms with E-state index in [-0.39, 0.29) is 29.6 Å². The molecule has 0 aliphatic carbocycles. The summed E-state index contributed by atoms with van der Waals surface area (Å²) in [5.74, 6) is 0. The van der Waals surface area contributed by atoms with Gasteiger partial charge in [-0.3, -0.25) is 6.92 Å². The van der Waals surface area contributed by atoms with Gasteiger partial charge in [0.15, 0.2) is 0 Å². The van der Waals surface area contributed by atoms with Crippen molar-refractivity contribution in [3.8, 4) is 0 Å². The van der Waals surface area contributed by atoms with Gasteiger partial charge in [0.05, 0.1) is 14.1 Å². The van der Waals surface area contributed by atoms with Gasteiger partial charge in [-0.25, -0.2) is 0 Å². The molecule has 1 N–H and O–H groups in total. The molecule has 0 fully saturated rings. The topological polar surface area (TPSA) is 4.44 Å². The average molecular weight is 110 g/mol. The Morgan fingerprint density at radius 2 is 1.57 bits per heavy atom. The summed E-state index contributed by atoms with van der Waals surface area (Å²) in [6.45, 7) is 5.89. The molecule has 0 saturated carbocycles. The van der Waals surface area contributed by atoms with Crippen molar-refractivity contribution in [2.24, 2.45) is 0 Å². The van der Waals surface area contributed by atoms with Crippen molar-refractivity contribution in [2.75, 3.05) is 14.1 Å². The van der Waals surface area contributed by atoms with E-state index in [0.717, 1.165) is 0 Å². The third-order valence-corrected chi connectivity index (χ3v) is 0.986. The van der Waals surface area contributed by atoms with Gasteiger partial charge in [-0.2, -0.15) is 0 Å². The predicted octanol–water partition coefficient (Wildman–Crippen LogP) is -3.64.